The van der Waals surface area contributed by atoms with Crippen LogP contribution in [0.4, 0.5) is 5.69 Å². The smallest absolute Gasteiger partial charge is 0.267 e. The Balaban J connectivity index is 1.89. The molecule has 1 aromatic heterocycles. The molecular formula is C18H14ClN3O3. The molecule has 3 aromatic rings. The van der Waals surface area contributed by atoms with E-state index >= 15 is 0 Å². The van der Waals surface area contributed by atoms with Crippen LogP contribution in [0.3, 0.4) is 0 Å². The first-order chi connectivity index (χ1) is 12.1. The normalized spacial score (nSPS) is 11.0. The quantitative estimate of drug-likeness (QED) is 0.327. The summed E-state index contributed by atoms with van der Waals surface area (Å²) in [6, 6.07) is 12.3. The molecule has 0 saturated heterocycles. The van der Waals surface area contributed by atoms with Gasteiger partial charge in [0.25, 0.3) is 11.8 Å². The number of hydrogen-bond donors (Lipinski definition) is 4. The van der Waals surface area contributed by atoms with Gasteiger partial charge in [0.05, 0.1) is 5.56 Å². The first-order valence-corrected chi connectivity index (χ1v) is 7.75. The van der Waals surface area contributed by atoms with Crippen molar-refractivity contribution in [2.24, 2.45) is 0 Å². The number of halogens is 1. The third kappa shape index (κ3) is 3.71. The third-order valence-corrected chi connectivity index (χ3v) is 3.86. The monoisotopic (exact) mass is 355 g/mol. The van der Waals surface area contributed by atoms with Crippen molar-refractivity contribution in [1.82, 2.24) is 10.5 Å². The van der Waals surface area contributed by atoms with Gasteiger partial charge in [0, 0.05) is 33.9 Å². The second kappa shape index (κ2) is 7.21. The summed E-state index contributed by atoms with van der Waals surface area (Å²) in [5, 5.41) is 12.6. The Bertz CT molecular complexity index is 979. The van der Waals surface area contributed by atoms with E-state index in [9.17, 15) is 9.59 Å². The predicted molar refractivity (Wildman–Crippen MR) is 96.7 cm³/mol. The molecule has 2 aromatic carbocycles. The van der Waals surface area contributed by atoms with Gasteiger partial charge < -0.3 is 10.3 Å². The van der Waals surface area contributed by atoms with Crippen molar-refractivity contribution in [3.8, 4) is 0 Å². The maximum atomic E-state index is 12.6. The molecule has 6 nitrogen and oxygen atoms in total. The number of hydrogen-bond acceptors (Lipinski definition) is 3. The van der Waals surface area contributed by atoms with Gasteiger partial charge in [-0.15, -0.1) is 0 Å². The summed E-state index contributed by atoms with van der Waals surface area (Å²) < 4.78 is 0. The van der Waals surface area contributed by atoms with Crippen molar-refractivity contribution >= 4 is 46.1 Å². The second-order valence-corrected chi connectivity index (χ2v) is 5.68. The first kappa shape index (κ1) is 16.8. The number of carbonyl (C=O) groups excluding carboxylic acids is 2. The van der Waals surface area contributed by atoms with Crippen LogP contribution >= 0.6 is 11.6 Å². The van der Waals surface area contributed by atoms with Crippen molar-refractivity contribution < 1.29 is 14.8 Å². The minimum Gasteiger partial charge on any atom is -0.360 e. The zero-order valence-corrected chi connectivity index (χ0v) is 13.7. The molecule has 3 rings (SSSR count). The molecule has 0 radical (unpaired) electrons. The first-order valence-electron chi connectivity index (χ1n) is 7.37. The van der Waals surface area contributed by atoms with Crippen LogP contribution < -0.4 is 10.8 Å². The number of fused-ring (bicyclic) bond motifs is 1. The van der Waals surface area contributed by atoms with Crippen molar-refractivity contribution in [3.63, 3.8) is 0 Å². The highest BCUT2D eigenvalue weighted by molar-refractivity contribution is 6.31. The molecule has 0 aliphatic rings. The molecule has 126 valence electrons. The van der Waals surface area contributed by atoms with Crippen molar-refractivity contribution in [1.29, 1.82) is 0 Å². The SMILES string of the molecule is O=C(/C=C/c1ccccc1NC(=O)c1c[nH]c2ccc(Cl)cc12)NO. The van der Waals surface area contributed by atoms with E-state index in [1.54, 1.807) is 48.7 Å². The Morgan fingerprint density at radius 1 is 1.16 bits per heavy atom. The molecule has 0 fully saturated rings. The third-order valence-electron chi connectivity index (χ3n) is 3.62. The highest BCUT2D eigenvalue weighted by Gasteiger charge is 2.13. The number of carbonyl (C=O) groups is 2. The minimum atomic E-state index is -0.660. The van der Waals surface area contributed by atoms with Crippen LogP contribution in [0, 0.1) is 0 Å². The van der Waals surface area contributed by atoms with Gasteiger partial charge in [0.1, 0.15) is 0 Å². The van der Waals surface area contributed by atoms with E-state index < -0.39 is 5.91 Å². The molecule has 0 aliphatic carbocycles. The molecule has 0 bridgehead atoms. The molecule has 0 unspecified atom stereocenters. The molecule has 0 saturated carbocycles. The molecule has 0 spiro atoms. The molecule has 0 aliphatic heterocycles. The van der Waals surface area contributed by atoms with E-state index in [2.05, 4.69) is 10.3 Å². The fourth-order valence-electron chi connectivity index (χ4n) is 2.43. The van der Waals surface area contributed by atoms with Gasteiger partial charge in [0.15, 0.2) is 0 Å². The summed E-state index contributed by atoms with van der Waals surface area (Å²) in [6.07, 6.45) is 4.28. The lowest BCUT2D eigenvalue weighted by Gasteiger charge is -2.08. The van der Waals surface area contributed by atoms with Gasteiger partial charge in [-0.05, 0) is 35.9 Å². The van der Waals surface area contributed by atoms with E-state index in [-0.39, 0.29) is 5.91 Å². The Labute approximate surface area is 148 Å². The van der Waals surface area contributed by atoms with Gasteiger partial charge in [-0.2, -0.15) is 0 Å². The number of rotatable bonds is 4. The number of para-hydroxylation sites is 1. The fourth-order valence-corrected chi connectivity index (χ4v) is 2.60. The second-order valence-electron chi connectivity index (χ2n) is 5.24. The summed E-state index contributed by atoms with van der Waals surface area (Å²) in [4.78, 5) is 26.8. The number of nitrogens with one attached hydrogen (secondary N) is 3. The zero-order valence-electron chi connectivity index (χ0n) is 12.9. The van der Waals surface area contributed by atoms with E-state index in [1.807, 2.05) is 0 Å². The van der Waals surface area contributed by atoms with Crippen LogP contribution in [-0.2, 0) is 4.79 Å². The Morgan fingerprint density at radius 2 is 1.96 bits per heavy atom. The number of hydroxylamine groups is 1. The number of aromatic amines is 1. The topological polar surface area (TPSA) is 94.2 Å². The maximum Gasteiger partial charge on any atom is 0.267 e. The van der Waals surface area contributed by atoms with Gasteiger partial charge in [-0.3, -0.25) is 14.8 Å². The molecule has 1 heterocycles. The summed E-state index contributed by atoms with van der Waals surface area (Å²) in [7, 11) is 0. The molecule has 25 heavy (non-hydrogen) atoms. The van der Waals surface area contributed by atoms with Crippen molar-refractivity contribution in [3.05, 3.63) is 70.9 Å². The van der Waals surface area contributed by atoms with Gasteiger partial charge in [-0.25, -0.2) is 5.48 Å². The van der Waals surface area contributed by atoms with Crippen LogP contribution in [0.1, 0.15) is 15.9 Å². The lowest BCUT2D eigenvalue weighted by atomic mass is 10.1. The maximum absolute atomic E-state index is 12.6. The van der Waals surface area contributed by atoms with Gasteiger partial charge in [-0.1, -0.05) is 29.8 Å². The van der Waals surface area contributed by atoms with Gasteiger partial charge in [0.2, 0.25) is 0 Å². The van der Waals surface area contributed by atoms with E-state index in [0.717, 1.165) is 17.0 Å². The van der Waals surface area contributed by atoms with E-state index in [0.29, 0.717) is 21.8 Å². The summed E-state index contributed by atoms with van der Waals surface area (Å²) in [5.41, 5.74) is 3.94. The minimum absolute atomic E-state index is 0.305. The standard InChI is InChI=1S/C18H14ClN3O3/c19-12-6-7-16-13(9-12)14(10-20-16)18(24)21-15-4-2-1-3-11(15)5-8-17(23)22-25/h1-10,20,25H,(H,21,24)(H,22,23)/b8-5+. The number of anilines is 1. The number of H-pyrrole nitrogens is 1. The lowest BCUT2D eigenvalue weighted by molar-refractivity contribution is -0.124. The molecule has 2 amide bonds. The average Bonchev–Trinajstić information content (AvgIpc) is 3.03. The Kier molecular flexibility index (Phi) is 4.83. The number of aromatic nitrogens is 1. The van der Waals surface area contributed by atoms with Crippen LogP contribution in [-0.4, -0.2) is 22.0 Å². The lowest BCUT2D eigenvalue weighted by Crippen LogP contribution is -2.15. The molecular weight excluding hydrogens is 342 g/mol. The van der Waals surface area contributed by atoms with Crippen LogP contribution in [0.5, 0.6) is 0 Å². The van der Waals surface area contributed by atoms with E-state index in [4.69, 9.17) is 16.8 Å². The van der Waals surface area contributed by atoms with Crippen LogP contribution in [0.25, 0.3) is 17.0 Å². The Morgan fingerprint density at radius 3 is 2.76 bits per heavy atom. The molecule has 4 N–H and O–H groups in total. The molecule has 7 heteroatoms. The summed E-state index contributed by atoms with van der Waals surface area (Å²) in [6.45, 7) is 0. The van der Waals surface area contributed by atoms with Crippen LogP contribution in [0.15, 0.2) is 54.7 Å². The fraction of sp³-hybridized carbons (Fsp3) is 0. The van der Waals surface area contributed by atoms with Crippen molar-refractivity contribution in [2.45, 2.75) is 0 Å². The number of benzene rings is 2. The largest absolute Gasteiger partial charge is 0.360 e. The van der Waals surface area contributed by atoms with E-state index in [1.165, 1.54) is 11.6 Å². The predicted octanol–water partition coefficient (Wildman–Crippen LogP) is 3.59. The highest BCUT2D eigenvalue weighted by Crippen LogP contribution is 2.24. The van der Waals surface area contributed by atoms with Crippen LogP contribution in [0.2, 0.25) is 5.02 Å². The Hall–Kier alpha value is -3.09. The van der Waals surface area contributed by atoms with Gasteiger partial charge >= 0.3 is 0 Å². The van der Waals surface area contributed by atoms with Crippen molar-refractivity contribution in [2.75, 3.05) is 5.32 Å². The average molecular weight is 356 g/mol. The summed E-state index contributed by atoms with van der Waals surface area (Å²) in [5.74, 6) is -0.964. The number of amides is 2. The summed E-state index contributed by atoms with van der Waals surface area (Å²) >= 11 is 6.01. The molecule has 0 atom stereocenters. The zero-order chi connectivity index (χ0) is 17.8. The highest BCUT2D eigenvalue weighted by atomic mass is 35.5.